The van der Waals surface area contributed by atoms with Crippen molar-refractivity contribution in [2.45, 2.75) is 57.9 Å². The van der Waals surface area contributed by atoms with Crippen LogP contribution in [-0.2, 0) is 9.59 Å². The van der Waals surface area contributed by atoms with E-state index in [-0.39, 0.29) is 5.91 Å². The molecule has 0 heterocycles. The molecule has 6 heteroatoms. The van der Waals surface area contributed by atoms with E-state index in [9.17, 15) is 14.4 Å². The summed E-state index contributed by atoms with van der Waals surface area (Å²) in [5.41, 5.74) is 0.991. The molecule has 0 bridgehead atoms. The van der Waals surface area contributed by atoms with Gasteiger partial charge in [0.15, 0.2) is 0 Å². The highest BCUT2D eigenvalue weighted by Gasteiger charge is 2.16. The highest BCUT2D eigenvalue weighted by atomic mass is 16.4. The Morgan fingerprint density at radius 2 is 1.76 bits per heavy atom. The molecular formula is C19H26N2O4. The largest absolute Gasteiger partial charge is 0.480 e. The van der Waals surface area contributed by atoms with Crippen LogP contribution in [0.25, 0.3) is 0 Å². The van der Waals surface area contributed by atoms with Gasteiger partial charge in [0, 0.05) is 17.7 Å². The van der Waals surface area contributed by atoms with Gasteiger partial charge >= 0.3 is 5.97 Å². The Hall–Kier alpha value is -2.37. The molecule has 1 atom stereocenters. The van der Waals surface area contributed by atoms with Crippen LogP contribution in [0.2, 0.25) is 0 Å². The van der Waals surface area contributed by atoms with E-state index in [1.165, 1.54) is 39.0 Å². The van der Waals surface area contributed by atoms with Crippen LogP contribution >= 0.6 is 0 Å². The predicted octanol–water partition coefficient (Wildman–Crippen LogP) is 3.19. The molecule has 1 unspecified atom stereocenters. The first-order valence-electron chi connectivity index (χ1n) is 8.89. The van der Waals surface area contributed by atoms with Gasteiger partial charge in [-0.1, -0.05) is 32.1 Å². The van der Waals surface area contributed by atoms with Crippen molar-refractivity contribution in [3.05, 3.63) is 29.8 Å². The summed E-state index contributed by atoms with van der Waals surface area (Å²) >= 11 is 0. The molecule has 2 rings (SSSR count). The fraction of sp³-hybridized carbons (Fsp3) is 0.526. The number of nitrogens with one attached hydrogen (secondary N) is 2. The molecule has 6 nitrogen and oxygen atoms in total. The van der Waals surface area contributed by atoms with Gasteiger partial charge in [0.25, 0.3) is 5.91 Å². The SMILES string of the molecule is CC(NC(=O)c1ccc(NC(=O)CCC2CCCCC2)cc1)C(=O)O. The third kappa shape index (κ3) is 6.21. The van der Waals surface area contributed by atoms with Crippen LogP contribution in [0.1, 0.15) is 62.2 Å². The Balaban J connectivity index is 1.79. The summed E-state index contributed by atoms with van der Waals surface area (Å²) in [6.07, 6.45) is 7.76. The molecule has 1 aromatic carbocycles. The lowest BCUT2D eigenvalue weighted by Gasteiger charge is -2.21. The molecule has 0 aliphatic heterocycles. The van der Waals surface area contributed by atoms with Gasteiger partial charge < -0.3 is 15.7 Å². The van der Waals surface area contributed by atoms with Gasteiger partial charge in [-0.25, -0.2) is 0 Å². The number of amides is 2. The zero-order valence-corrected chi connectivity index (χ0v) is 14.6. The van der Waals surface area contributed by atoms with Crippen LogP contribution in [0.5, 0.6) is 0 Å². The van der Waals surface area contributed by atoms with Crippen LogP contribution in [0.15, 0.2) is 24.3 Å². The van der Waals surface area contributed by atoms with Gasteiger partial charge in [-0.3, -0.25) is 14.4 Å². The van der Waals surface area contributed by atoms with E-state index in [4.69, 9.17) is 5.11 Å². The van der Waals surface area contributed by atoms with Crippen LogP contribution in [0.4, 0.5) is 5.69 Å². The van der Waals surface area contributed by atoms with Gasteiger partial charge in [0.2, 0.25) is 5.91 Å². The molecule has 136 valence electrons. The van der Waals surface area contributed by atoms with Gasteiger partial charge in [-0.15, -0.1) is 0 Å². The molecule has 1 fully saturated rings. The van der Waals surface area contributed by atoms with Gasteiger partial charge in [0.05, 0.1) is 0 Å². The Morgan fingerprint density at radius 3 is 2.36 bits per heavy atom. The molecule has 1 aromatic rings. The Labute approximate surface area is 148 Å². The lowest BCUT2D eigenvalue weighted by molar-refractivity contribution is -0.138. The number of anilines is 1. The molecule has 0 radical (unpaired) electrons. The van der Waals surface area contributed by atoms with E-state index < -0.39 is 17.9 Å². The minimum Gasteiger partial charge on any atom is -0.480 e. The maximum absolute atomic E-state index is 12.0. The third-order valence-corrected chi connectivity index (χ3v) is 4.65. The highest BCUT2D eigenvalue weighted by Crippen LogP contribution is 2.27. The number of hydrogen-bond acceptors (Lipinski definition) is 3. The number of hydrogen-bond donors (Lipinski definition) is 3. The zero-order chi connectivity index (χ0) is 18.2. The molecule has 0 aromatic heterocycles. The quantitative estimate of drug-likeness (QED) is 0.706. The maximum atomic E-state index is 12.0. The lowest BCUT2D eigenvalue weighted by Crippen LogP contribution is -2.38. The van der Waals surface area contributed by atoms with Crippen molar-refractivity contribution in [3.8, 4) is 0 Å². The molecule has 1 aliphatic rings. The third-order valence-electron chi connectivity index (χ3n) is 4.65. The zero-order valence-electron chi connectivity index (χ0n) is 14.6. The Kier molecular flexibility index (Phi) is 6.98. The monoisotopic (exact) mass is 346 g/mol. The minimum atomic E-state index is -1.09. The molecule has 1 aliphatic carbocycles. The molecular weight excluding hydrogens is 320 g/mol. The molecule has 1 saturated carbocycles. The molecule has 3 N–H and O–H groups in total. The topological polar surface area (TPSA) is 95.5 Å². The second-order valence-electron chi connectivity index (χ2n) is 6.70. The number of carbonyl (C=O) groups is 3. The van der Waals surface area contributed by atoms with Crippen molar-refractivity contribution in [2.24, 2.45) is 5.92 Å². The van der Waals surface area contributed by atoms with E-state index >= 15 is 0 Å². The first-order valence-corrected chi connectivity index (χ1v) is 8.89. The maximum Gasteiger partial charge on any atom is 0.325 e. The minimum absolute atomic E-state index is 0.0118. The second kappa shape index (κ2) is 9.20. The van der Waals surface area contributed by atoms with E-state index in [0.717, 1.165) is 6.42 Å². The first kappa shape index (κ1) is 19.0. The summed E-state index contributed by atoms with van der Waals surface area (Å²) in [6.45, 7) is 1.40. The van der Waals surface area contributed by atoms with Crippen molar-refractivity contribution in [2.75, 3.05) is 5.32 Å². The summed E-state index contributed by atoms with van der Waals surface area (Å²) in [7, 11) is 0. The normalized spacial score (nSPS) is 16.0. The molecule has 0 spiro atoms. The van der Waals surface area contributed by atoms with Crippen LogP contribution in [-0.4, -0.2) is 28.9 Å². The standard InChI is InChI=1S/C19H26N2O4/c1-13(19(24)25)20-18(23)15-8-10-16(11-9-15)21-17(22)12-7-14-5-3-2-4-6-14/h8-11,13-14H,2-7,12H2,1H3,(H,20,23)(H,21,22)(H,24,25). The molecule has 2 amide bonds. The summed E-state index contributed by atoms with van der Waals surface area (Å²) < 4.78 is 0. The molecule has 25 heavy (non-hydrogen) atoms. The summed E-state index contributed by atoms with van der Waals surface area (Å²) in [5.74, 6) is -0.885. The Bertz CT molecular complexity index is 606. The van der Waals surface area contributed by atoms with Gasteiger partial charge in [0.1, 0.15) is 6.04 Å². The summed E-state index contributed by atoms with van der Waals surface area (Å²) in [6, 6.07) is 5.49. The van der Waals surface area contributed by atoms with Crippen LogP contribution < -0.4 is 10.6 Å². The van der Waals surface area contributed by atoms with Crippen molar-refractivity contribution in [3.63, 3.8) is 0 Å². The lowest BCUT2D eigenvalue weighted by atomic mass is 9.86. The number of carboxylic acids is 1. The fourth-order valence-electron chi connectivity index (χ4n) is 3.08. The highest BCUT2D eigenvalue weighted by molar-refractivity contribution is 5.97. The number of carbonyl (C=O) groups excluding carboxylic acids is 2. The average molecular weight is 346 g/mol. The van der Waals surface area contributed by atoms with Crippen molar-refractivity contribution in [1.82, 2.24) is 5.32 Å². The smallest absolute Gasteiger partial charge is 0.325 e. The Morgan fingerprint density at radius 1 is 1.12 bits per heavy atom. The van der Waals surface area contributed by atoms with E-state index in [1.807, 2.05) is 0 Å². The van der Waals surface area contributed by atoms with Crippen molar-refractivity contribution >= 4 is 23.5 Å². The average Bonchev–Trinajstić information content (AvgIpc) is 2.61. The number of rotatable bonds is 7. The second-order valence-corrected chi connectivity index (χ2v) is 6.70. The van der Waals surface area contributed by atoms with Gasteiger partial charge in [-0.2, -0.15) is 0 Å². The first-order chi connectivity index (χ1) is 12.0. The predicted molar refractivity (Wildman–Crippen MR) is 95.4 cm³/mol. The summed E-state index contributed by atoms with van der Waals surface area (Å²) in [5, 5.41) is 14.0. The van der Waals surface area contributed by atoms with E-state index in [0.29, 0.717) is 23.6 Å². The molecule has 0 saturated heterocycles. The number of aliphatic carboxylic acids is 1. The van der Waals surface area contributed by atoms with Crippen LogP contribution in [0.3, 0.4) is 0 Å². The van der Waals surface area contributed by atoms with E-state index in [2.05, 4.69) is 10.6 Å². The van der Waals surface area contributed by atoms with Gasteiger partial charge in [-0.05, 0) is 43.5 Å². The number of benzene rings is 1. The van der Waals surface area contributed by atoms with Crippen molar-refractivity contribution < 1.29 is 19.5 Å². The van der Waals surface area contributed by atoms with Crippen LogP contribution in [0, 0.1) is 5.92 Å². The number of carboxylic acid groups (broad SMARTS) is 1. The fourth-order valence-corrected chi connectivity index (χ4v) is 3.08. The van der Waals surface area contributed by atoms with E-state index in [1.54, 1.807) is 24.3 Å². The van der Waals surface area contributed by atoms with Crippen molar-refractivity contribution in [1.29, 1.82) is 0 Å². The summed E-state index contributed by atoms with van der Waals surface area (Å²) in [4.78, 5) is 34.7.